The zero-order valence-corrected chi connectivity index (χ0v) is 17.0. The van der Waals surface area contributed by atoms with Crippen LogP contribution in [0.3, 0.4) is 0 Å². The highest BCUT2D eigenvalue weighted by molar-refractivity contribution is 5.94. The monoisotopic (exact) mass is 430 g/mol. The third kappa shape index (κ3) is 5.53. The number of alkyl halides is 3. The van der Waals surface area contributed by atoms with Crippen LogP contribution in [0.1, 0.15) is 21.5 Å². The van der Waals surface area contributed by atoms with Gasteiger partial charge in [0.25, 0.3) is 5.91 Å². The van der Waals surface area contributed by atoms with Gasteiger partial charge in [-0.15, -0.1) is 0 Å². The van der Waals surface area contributed by atoms with Crippen molar-refractivity contribution in [3.8, 4) is 22.8 Å². The van der Waals surface area contributed by atoms with Crippen molar-refractivity contribution in [2.75, 3.05) is 20.8 Å². The van der Waals surface area contributed by atoms with Gasteiger partial charge in [0.2, 0.25) is 0 Å². The lowest BCUT2D eigenvalue weighted by atomic mass is 10.1. The number of ether oxygens (including phenoxy) is 2. The summed E-state index contributed by atoms with van der Waals surface area (Å²) in [5, 5.41) is 2.83. The minimum Gasteiger partial charge on any atom is -0.493 e. The summed E-state index contributed by atoms with van der Waals surface area (Å²) in [5.74, 6) is 0.972. The van der Waals surface area contributed by atoms with Crippen LogP contribution in [0, 0.1) is 0 Å². The van der Waals surface area contributed by atoms with Gasteiger partial charge in [-0.2, -0.15) is 13.2 Å². The second-order valence-electron chi connectivity index (χ2n) is 6.70. The molecule has 0 bridgehead atoms. The van der Waals surface area contributed by atoms with E-state index in [2.05, 4.69) is 10.3 Å². The number of hydrogen-bond donors (Lipinski definition) is 1. The average Bonchev–Trinajstić information content (AvgIpc) is 2.78. The molecule has 0 spiro atoms. The number of halogens is 3. The predicted octanol–water partition coefficient (Wildman–Crippen LogP) is 4.76. The number of aromatic nitrogens is 1. The predicted molar refractivity (Wildman–Crippen MR) is 110 cm³/mol. The van der Waals surface area contributed by atoms with Gasteiger partial charge in [0, 0.05) is 23.9 Å². The van der Waals surface area contributed by atoms with Gasteiger partial charge in [0.15, 0.2) is 11.5 Å². The molecule has 0 aliphatic heterocycles. The molecule has 0 radical (unpaired) electrons. The van der Waals surface area contributed by atoms with Gasteiger partial charge >= 0.3 is 6.18 Å². The third-order valence-electron chi connectivity index (χ3n) is 4.68. The summed E-state index contributed by atoms with van der Waals surface area (Å²) < 4.78 is 49.1. The van der Waals surface area contributed by atoms with Gasteiger partial charge in [0.05, 0.1) is 25.5 Å². The van der Waals surface area contributed by atoms with Crippen molar-refractivity contribution in [3.63, 3.8) is 0 Å². The molecule has 0 saturated heterocycles. The average molecular weight is 430 g/mol. The Morgan fingerprint density at radius 1 is 0.968 bits per heavy atom. The Hall–Kier alpha value is -3.55. The maximum atomic E-state index is 12.9. The molecular formula is C23H21F3N2O3. The molecule has 1 amide bonds. The first-order valence-electron chi connectivity index (χ1n) is 9.44. The highest BCUT2D eigenvalue weighted by atomic mass is 19.4. The Morgan fingerprint density at radius 2 is 1.68 bits per heavy atom. The highest BCUT2D eigenvalue weighted by Crippen LogP contribution is 2.31. The number of carbonyl (C=O) groups is 1. The number of methoxy groups -OCH3 is 2. The van der Waals surface area contributed by atoms with E-state index >= 15 is 0 Å². The summed E-state index contributed by atoms with van der Waals surface area (Å²) >= 11 is 0. The molecule has 1 N–H and O–H groups in total. The second kappa shape index (κ2) is 9.51. The smallest absolute Gasteiger partial charge is 0.416 e. The molecule has 0 saturated carbocycles. The first-order chi connectivity index (χ1) is 14.8. The van der Waals surface area contributed by atoms with Crippen molar-refractivity contribution in [1.82, 2.24) is 10.3 Å². The summed E-state index contributed by atoms with van der Waals surface area (Å²) in [6.45, 7) is 0.408. The zero-order chi connectivity index (χ0) is 22.4. The van der Waals surface area contributed by atoms with E-state index in [1.54, 1.807) is 44.6 Å². The number of nitrogens with one attached hydrogen (secondary N) is 1. The quantitative estimate of drug-likeness (QED) is 0.587. The van der Waals surface area contributed by atoms with Crippen LogP contribution >= 0.6 is 0 Å². The van der Waals surface area contributed by atoms with Crippen molar-refractivity contribution in [2.45, 2.75) is 12.6 Å². The summed E-state index contributed by atoms with van der Waals surface area (Å²) in [4.78, 5) is 16.4. The van der Waals surface area contributed by atoms with E-state index in [1.165, 1.54) is 0 Å². The van der Waals surface area contributed by atoms with E-state index in [0.717, 1.165) is 23.9 Å². The minimum atomic E-state index is -4.44. The van der Waals surface area contributed by atoms with Crippen LogP contribution in [0.25, 0.3) is 11.3 Å². The minimum absolute atomic E-state index is 0.190. The number of rotatable bonds is 7. The van der Waals surface area contributed by atoms with Crippen LogP contribution in [0.2, 0.25) is 0 Å². The summed E-state index contributed by atoms with van der Waals surface area (Å²) in [6, 6.07) is 13.7. The van der Waals surface area contributed by atoms with Gasteiger partial charge in [-0.05, 0) is 48.4 Å². The van der Waals surface area contributed by atoms with Crippen LogP contribution in [0.4, 0.5) is 13.2 Å². The van der Waals surface area contributed by atoms with Gasteiger partial charge in [-0.3, -0.25) is 9.78 Å². The van der Waals surface area contributed by atoms with E-state index in [0.29, 0.717) is 35.6 Å². The van der Waals surface area contributed by atoms with Gasteiger partial charge in [0.1, 0.15) is 0 Å². The highest BCUT2D eigenvalue weighted by Gasteiger charge is 2.30. The van der Waals surface area contributed by atoms with Gasteiger partial charge in [-0.1, -0.05) is 18.2 Å². The van der Waals surface area contributed by atoms with E-state index in [1.807, 2.05) is 12.1 Å². The van der Waals surface area contributed by atoms with Crippen molar-refractivity contribution < 1.29 is 27.4 Å². The molecule has 0 aliphatic carbocycles. The van der Waals surface area contributed by atoms with Crippen molar-refractivity contribution in [2.24, 2.45) is 0 Å². The van der Waals surface area contributed by atoms with E-state index in [-0.39, 0.29) is 11.6 Å². The third-order valence-corrected chi connectivity index (χ3v) is 4.68. The fourth-order valence-corrected chi connectivity index (χ4v) is 3.02. The maximum absolute atomic E-state index is 12.9. The van der Waals surface area contributed by atoms with Crippen LogP contribution in [-0.4, -0.2) is 31.7 Å². The van der Waals surface area contributed by atoms with Crippen molar-refractivity contribution in [3.05, 3.63) is 77.5 Å². The number of benzene rings is 2. The first kappa shape index (κ1) is 22.1. The Balaban J connectivity index is 1.61. The largest absolute Gasteiger partial charge is 0.493 e. The standard InChI is InChI=1S/C23H21F3N2O3/c1-30-20-8-3-15(13-21(20)31-2)9-11-28-22(29)17-6-4-16(5-7-17)19-14-18(10-12-27-19)23(24,25)26/h3-8,10,12-14H,9,11H2,1-2H3,(H,28,29). The lowest BCUT2D eigenvalue weighted by molar-refractivity contribution is -0.137. The Kier molecular flexibility index (Phi) is 6.79. The molecule has 0 aliphatic rings. The van der Waals surface area contributed by atoms with Crippen LogP contribution in [-0.2, 0) is 12.6 Å². The normalized spacial score (nSPS) is 11.1. The van der Waals surface area contributed by atoms with Crippen LogP contribution in [0.15, 0.2) is 60.8 Å². The fourth-order valence-electron chi connectivity index (χ4n) is 3.02. The molecule has 1 aromatic heterocycles. The molecule has 3 rings (SSSR count). The zero-order valence-electron chi connectivity index (χ0n) is 17.0. The Labute approximate surface area is 177 Å². The summed E-state index contributed by atoms with van der Waals surface area (Å²) in [6.07, 6.45) is -2.73. The van der Waals surface area contributed by atoms with Crippen molar-refractivity contribution >= 4 is 5.91 Å². The molecule has 0 fully saturated rings. The summed E-state index contributed by atoms with van der Waals surface area (Å²) in [5.41, 5.74) is 1.30. The molecule has 5 nitrogen and oxygen atoms in total. The maximum Gasteiger partial charge on any atom is 0.416 e. The molecule has 2 aromatic carbocycles. The number of nitrogens with zero attached hydrogens (tertiary/aromatic N) is 1. The van der Waals surface area contributed by atoms with E-state index in [9.17, 15) is 18.0 Å². The van der Waals surface area contributed by atoms with Crippen molar-refractivity contribution in [1.29, 1.82) is 0 Å². The second-order valence-corrected chi connectivity index (χ2v) is 6.70. The molecule has 8 heteroatoms. The number of carbonyl (C=O) groups excluding carboxylic acids is 1. The van der Waals surface area contributed by atoms with E-state index < -0.39 is 11.7 Å². The lowest BCUT2D eigenvalue weighted by Crippen LogP contribution is -2.25. The van der Waals surface area contributed by atoms with E-state index in [4.69, 9.17) is 9.47 Å². The lowest BCUT2D eigenvalue weighted by Gasteiger charge is -2.10. The molecule has 31 heavy (non-hydrogen) atoms. The molecule has 0 unspecified atom stereocenters. The SMILES string of the molecule is COc1ccc(CCNC(=O)c2ccc(-c3cc(C(F)(F)F)ccn3)cc2)cc1OC. The summed E-state index contributed by atoms with van der Waals surface area (Å²) in [7, 11) is 3.12. The number of amides is 1. The molecule has 0 atom stereocenters. The molecule has 162 valence electrons. The molecule has 3 aromatic rings. The van der Waals surface area contributed by atoms with Gasteiger partial charge < -0.3 is 14.8 Å². The molecular weight excluding hydrogens is 409 g/mol. The number of hydrogen-bond acceptors (Lipinski definition) is 4. The van der Waals surface area contributed by atoms with Crippen LogP contribution < -0.4 is 14.8 Å². The van der Waals surface area contributed by atoms with Crippen LogP contribution in [0.5, 0.6) is 11.5 Å². The first-order valence-corrected chi connectivity index (χ1v) is 9.44. The number of pyridine rings is 1. The Morgan fingerprint density at radius 3 is 2.32 bits per heavy atom. The fraction of sp³-hybridized carbons (Fsp3) is 0.217. The molecule has 1 heterocycles. The van der Waals surface area contributed by atoms with Gasteiger partial charge in [-0.25, -0.2) is 0 Å². The topological polar surface area (TPSA) is 60.5 Å². The Bertz CT molecular complexity index is 1050.